The highest BCUT2D eigenvalue weighted by Gasteiger charge is 2.39. The summed E-state index contributed by atoms with van der Waals surface area (Å²) in [4.78, 5) is 25.5. The first-order chi connectivity index (χ1) is 16.0. The van der Waals surface area contributed by atoms with E-state index in [2.05, 4.69) is 10.4 Å². The monoisotopic (exact) mass is 482 g/mol. The standard InChI is InChI=1S/C22H19F5N4O3/c1-11(22(25,26)27)34-19-10-18(31-21(33)30(12(2)29-31)13-7-8-13)16(24)9-14(19)20(32)28-17-6-4-3-5-15(17)23/h3-6,9-11,13H,7-8H2,1-2H3,(H,28,32). The normalized spacial score (nSPS) is 14.7. The van der Waals surface area contributed by atoms with Crippen LogP contribution in [0.2, 0.25) is 0 Å². The van der Waals surface area contributed by atoms with Crippen molar-refractivity contribution in [2.45, 2.75) is 45.0 Å². The van der Waals surface area contributed by atoms with Crippen LogP contribution in [0.1, 0.15) is 42.0 Å². The lowest BCUT2D eigenvalue weighted by Gasteiger charge is -2.20. The third-order valence-corrected chi connectivity index (χ3v) is 5.30. The molecule has 1 aromatic heterocycles. The summed E-state index contributed by atoms with van der Waals surface area (Å²) in [6, 6.07) is 6.45. The second kappa shape index (κ2) is 8.58. The van der Waals surface area contributed by atoms with E-state index in [1.807, 2.05) is 0 Å². The van der Waals surface area contributed by atoms with Gasteiger partial charge in [0.2, 0.25) is 0 Å². The Labute approximate surface area is 189 Å². The van der Waals surface area contributed by atoms with Crippen LogP contribution in [0.5, 0.6) is 5.75 Å². The Morgan fingerprint density at radius 1 is 1.18 bits per heavy atom. The molecule has 34 heavy (non-hydrogen) atoms. The molecule has 1 saturated carbocycles. The minimum atomic E-state index is -4.80. The van der Waals surface area contributed by atoms with Crippen LogP contribution in [-0.4, -0.2) is 32.5 Å². The first-order valence-corrected chi connectivity index (χ1v) is 10.3. The smallest absolute Gasteiger partial charge is 0.425 e. The minimum Gasteiger partial charge on any atom is -0.480 e. The van der Waals surface area contributed by atoms with Crippen LogP contribution in [0.4, 0.5) is 27.6 Å². The van der Waals surface area contributed by atoms with Crippen LogP contribution >= 0.6 is 0 Å². The average Bonchev–Trinajstić information content (AvgIpc) is 3.54. The molecule has 180 valence electrons. The molecule has 1 fully saturated rings. The van der Waals surface area contributed by atoms with E-state index >= 15 is 4.39 Å². The fourth-order valence-corrected chi connectivity index (χ4v) is 3.38. The van der Waals surface area contributed by atoms with Gasteiger partial charge < -0.3 is 10.1 Å². The number of hydrogen-bond acceptors (Lipinski definition) is 4. The number of hydrogen-bond donors (Lipinski definition) is 1. The van der Waals surface area contributed by atoms with Gasteiger partial charge in [-0.05, 0) is 44.9 Å². The molecular weight excluding hydrogens is 463 g/mol. The molecule has 1 unspecified atom stereocenters. The van der Waals surface area contributed by atoms with Gasteiger partial charge in [0.1, 0.15) is 28.9 Å². The van der Waals surface area contributed by atoms with Crippen molar-refractivity contribution in [1.29, 1.82) is 0 Å². The van der Waals surface area contributed by atoms with Gasteiger partial charge in [0, 0.05) is 12.1 Å². The molecule has 1 atom stereocenters. The zero-order chi connectivity index (χ0) is 24.8. The topological polar surface area (TPSA) is 78.2 Å². The Morgan fingerprint density at radius 2 is 1.85 bits per heavy atom. The lowest BCUT2D eigenvalue weighted by Crippen LogP contribution is -2.32. The maximum Gasteiger partial charge on any atom is 0.425 e. The molecule has 1 heterocycles. The highest BCUT2D eigenvalue weighted by Crippen LogP contribution is 2.35. The molecule has 12 heteroatoms. The zero-order valence-corrected chi connectivity index (χ0v) is 18.0. The van der Waals surface area contributed by atoms with Gasteiger partial charge in [-0.2, -0.15) is 23.0 Å². The summed E-state index contributed by atoms with van der Waals surface area (Å²) >= 11 is 0. The van der Waals surface area contributed by atoms with Gasteiger partial charge in [0.15, 0.2) is 6.10 Å². The van der Waals surface area contributed by atoms with E-state index in [0.29, 0.717) is 23.5 Å². The van der Waals surface area contributed by atoms with Crippen molar-refractivity contribution in [3.05, 3.63) is 69.9 Å². The summed E-state index contributed by atoms with van der Waals surface area (Å²) in [6.07, 6.45) is -5.66. The fraction of sp³-hybridized carbons (Fsp3) is 0.318. The van der Waals surface area contributed by atoms with Crippen LogP contribution in [0, 0.1) is 18.6 Å². The molecule has 0 aliphatic heterocycles. The van der Waals surface area contributed by atoms with E-state index in [0.717, 1.165) is 25.0 Å². The Kier molecular flexibility index (Phi) is 5.92. The van der Waals surface area contributed by atoms with Crippen molar-refractivity contribution in [2.24, 2.45) is 0 Å². The summed E-state index contributed by atoms with van der Waals surface area (Å²) in [7, 11) is 0. The van der Waals surface area contributed by atoms with E-state index in [1.54, 1.807) is 6.92 Å². The minimum absolute atomic E-state index is 0.0731. The molecule has 0 radical (unpaired) electrons. The van der Waals surface area contributed by atoms with Gasteiger partial charge >= 0.3 is 11.9 Å². The van der Waals surface area contributed by atoms with Crippen molar-refractivity contribution in [3.8, 4) is 11.4 Å². The third-order valence-electron chi connectivity index (χ3n) is 5.30. The second-order valence-electron chi connectivity index (χ2n) is 7.88. The van der Waals surface area contributed by atoms with Crippen LogP contribution in [0.25, 0.3) is 5.69 Å². The summed E-state index contributed by atoms with van der Waals surface area (Å²) in [5.74, 6) is -3.35. The first kappa shape index (κ1) is 23.5. The third kappa shape index (κ3) is 4.52. The molecular formula is C22H19F5N4O3. The molecule has 1 N–H and O–H groups in total. The number of halogens is 5. The molecule has 1 amide bonds. The van der Waals surface area contributed by atoms with Crippen molar-refractivity contribution < 1.29 is 31.5 Å². The first-order valence-electron chi connectivity index (χ1n) is 10.3. The molecule has 1 aliphatic rings. The largest absolute Gasteiger partial charge is 0.480 e. The maximum atomic E-state index is 15.1. The second-order valence-corrected chi connectivity index (χ2v) is 7.88. The molecule has 7 nitrogen and oxygen atoms in total. The molecule has 3 aromatic rings. The molecule has 2 aromatic carbocycles. The zero-order valence-electron chi connectivity index (χ0n) is 18.0. The Balaban J connectivity index is 1.79. The number of aryl methyl sites for hydroxylation is 1. The van der Waals surface area contributed by atoms with Gasteiger partial charge in [-0.25, -0.2) is 13.6 Å². The maximum absolute atomic E-state index is 15.1. The summed E-state index contributed by atoms with van der Waals surface area (Å²) in [5.41, 5.74) is -2.04. The van der Waals surface area contributed by atoms with Crippen molar-refractivity contribution in [3.63, 3.8) is 0 Å². The van der Waals surface area contributed by atoms with Crippen LogP contribution in [0.3, 0.4) is 0 Å². The number of anilines is 1. The number of para-hydroxylation sites is 1. The molecule has 0 bridgehead atoms. The molecule has 1 aliphatic carbocycles. The molecule has 4 rings (SSSR count). The van der Waals surface area contributed by atoms with Crippen molar-refractivity contribution in [2.75, 3.05) is 5.32 Å². The van der Waals surface area contributed by atoms with Gasteiger partial charge in [-0.15, -0.1) is 0 Å². The summed E-state index contributed by atoms with van der Waals surface area (Å²) < 4.78 is 75.5. The van der Waals surface area contributed by atoms with E-state index in [9.17, 15) is 27.2 Å². The number of carbonyl (C=O) groups is 1. The van der Waals surface area contributed by atoms with Crippen LogP contribution < -0.4 is 15.7 Å². The lowest BCUT2D eigenvalue weighted by atomic mass is 10.1. The number of alkyl halides is 3. The van der Waals surface area contributed by atoms with Gasteiger partial charge in [0.05, 0.1) is 11.3 Å². The lowest BCUT2D eigenvalue weighted by molar-refractivity contribution is -0.189. The van der Waals surface area contributed by atoms with E-state index in [4.69, 9.17) is 4.74 Å². The number of nitrogens with one attached hydrogen (secondary N) is 1. The Bertz CT molecular complexity index is 1310. The number of rotatable bonds is 6. The van der Waals surface area contributed by atoms with Gasteiger partial charge in [-0.3, -0.25) is 9.36 Å². The summed E-state index contributed by atoms with van der Waals surface area (Å²) in [6.45, 7) is 2.26. The van der Waals surface area contributed by atoms with Crippen LogP contribution in [0.15, 0.2) is 41.2 Å². The van der Waals surface area contributed by atoms with Gasteiger partial charge in [-0.1, -0.05) is 12.1 Å². The number of ether oxygens (including phenoxy) is 1. The number of amides is 1. The number of aromatic nitrogens is 3. The van der Waals surface area contributed by atoms with Gasteiger partial charge in [0.25, 0.3) is 5.91 Å². The number of benzene rings is 2. The number of carbonyl (C=O) groups excluding carboxylic acids is 1. The van der Waals surface area contributed by atoms with E-state index in [-0.39, 0.29) is 11.7 Å². The molecule has 0 spiro atoms. The fourth-order valence-electron chi connectivity index (χ4n) is 3.38. The van der Waals surface area contributed by atoms with Crippen molar-refractivity contribution in [1.82, 2.24) is 14.3 Å². The Hall–Kier alpha value is -3.70. The Morgan fingerprint density at radius 3 is 2.47 bits per heavy atom. The highest BCUT2D eigenvalue weighted by atomic mass is 19.4. The van der Waals surface area contributed by atoms with Crippen LogP contribution in [-0.2, 0) is 0 Å². The predicted octanol–water partition coefficient (Wildman–Crippen LogP) is 4.54. The quantitative estimate of drug-likeness (QED) is 0.524. The van der Waals surface area contributed by atoms with Crippen molar-refractivity contribution >= 4 is 11.6 Å². The van der Waals surface area contributed by atoms with E-state index in [1.165, 1.54) is 22.8 Å². The number of nitrogens with zero attached hydrogens (tertiary/aromatic N) is 3. The molecule has 0 saturated heterocycles. The highest BCUT2D eigenvalue weighted by molar-refractivity contribution is 6.06. The predicted molar refractivity (Wildman–Crippen MR) is 111 cm³/mol. The average molecular weight is 482 g/mol. The SMILES string of the molecule is Cc1nn(-c2cc(OC(C)C(F)(F)F)c(C(=O)Nc3ccccc3F)cc2F)c(=O)n1C1CC1. The summed E-state index contributed by atoms with van der Waals surface area (Å²) in [5, 5.41) is 6.21. The van der Waals surface area contributed by atoms with E-state index < -0.39 is 52.5 Å².